The van der Waals surface area contributed by atoms with Gasteiger partial charge in [-0.3, -0.25) is 14.9 Å². The number of primary amides is 1. The van der Waals surface area contributed by atoms with E-state index in [-0.39, 0.29) is 16.6 Å². The number of carbonyl (C=O) groups is 1. The second-order valence-electron chi connectivity index (χ2n) is 3.41. The topological polar surface area (TPSA) is 95.5 Å². The van der Waals surface area contributed by atoms with Crippen LogP contribution in [0.25, 0.3) is 0 Å². The summed E-state index contributed by atoms with van der Waals surface area (Å²) in [6.07, 6.45) is -0.811. The molecule has 0 heterocycles. The number of nitro benzene ring substituents is 1. The molecule has 1 unspecified atom stereocenters. The first-order chi connectivity index (χ1) is 8.36. The van der Waals surface area contributed by atoms with Gasteiger partial charge in [-0.15, -0.1) is 0 Å². The van der Waals surface area contributed by atoms with Gasteiger partial charge >= 0.3 is 5.69 Å². The van der Waals surface area contributed by atoms with Crippen molar-refractivity contribution >= 4 is 27.5 Å². The highest BCUT2D eigenvalue weighted by Crippen LogP contribution is 2.33. The third-order valence-electron chi connectivity index (χ3n) is 2.16. The summed E-state index contributed by atoms with van der Waals surface area (Å²) in [7, 11) is 0. The Balaban J connectivity index is 3.18. The monoisotopic (exact) mass is 320 g/mol. The fourth-order valence-electron chi connectivity index (χ4n) is 1.25. The molecular weight excluding hydrogens is 311 g/mol. The number of nitrogens with two attached hydrogens (primary N) is 1. The number of amides is 1. The highest BCUT2D eigenvalue weighted by molar-refractivity contribution is 9.10. The third kappa shape index (κ3) is 3.16. The van der Waals surface area contributed by atoms with E-state index in [1.807, 2.05) is 0 Å². The van der Waals surface area contributed by atoms with E-state index in [0.717, 1.165) is 12.1 Å². The van der Waals surface area contributed by atoms with Crippen molar-refractivity contribution < 1.29 is 18.8 Å². The zero-order chi connectivity index (χ0) is 13.9. The number of nitro groups is 1. The second-order valence-corrected chi connectivity index (χ2v) is 4.26. The number of halogens is 2. The molecule has 0 bridgehead atoms. The molecule has 0 spiro atoms. The van der Waals surface area contributed by atoms with Crippen LogP contribution in [-0.4, -0.2) is 16.9 Å². The minimum Gasteiger partial charge on any atom is -0.473 e. The lowest BCUT2D eigenvalue weighted by molar-refractivity contribution is -0.386. The smallest absolute Gasteiger partial charge is 0.312 e. The van der Waals surface area contributed by atoms with Crippen molar-refractivity contribution in [1.29, 1.82) is 0 Å². The molecule has 2 N–H and O–H groups in total. The van der Waals surface area contributed by atoms with Crippen molar-refractivity contribution in [3.05, 3.63) is 32.5 Å². The van der Waals surface area contributed by atoms with Gasteiger partial charge < -0.3 is 10.5 Å². The van der Waals surface area contributed by atoms with E-state index in [9.17, 15) is 19.3 Å². The van der Waals surface area contributed by atoms with Gasteiger partial charge in [-0.05, 0) is 22.4 Å². The highest BCUT2D eigenvalue weighted by atomic mass is 79.9. The minimum absolute atomic E-state index is 0.0614. The Morgan fingerprint density at radius 1 is 1.67 bits per heavy atom. The third-order valence-corrected chi connectivity index (χ3v) is 2.76. The molecule has 6 nitrogen and oxygen atoms in total. The van der Waals surface area contributed by atoms with E-state index < -0.39 is 28.4 Å². The lowest BCUT2D eigenvalue weighted by Crippen LogP contribution is -2.33. The molecule has 1 aromatic rings. The van der Waals surface area contributed by atoms with Crippen LogP contribution in [0.15, 0.2) is 16.6 Å². The summed E-state index contributed by atoms with van der Waals surface area (Å²) in [6, 6.07) is 1.81. The highest BCUT2D eigenvalue weighted by Gasteiger charge is 2.23. The number of ether oxygens (including phenoxy) is 1. The summed E-state index contributed by atoms with van der Waals surface area (Å²) in [4.78, 5) is 21.1. The van der Waals surface area contributed by atoms with Gasteiger partial charge in [0.1, 0.15) is 5.82 Å². The molecule has 1 rings (SSSR count). The quantitative estimate of drug-likeness (QED) is 0.664. The van der Waals surface area contributed by atoms with Crippen LogP contribution in [0.5, 0.6) is 5.75 Å². The van der Waals surface area contributed by atoms with Crippen LogP contribution in [0.1, 0.15) is 13.3 Å². The van der Waals surface area contributed by atoms with Crippen molar-refractivity contribution in [1.82, 2.24) is 0 Å². The Kier molecular flexibility index (Phi) is 4.60. The van der Waals surface area contributed by atoms with Crippen LogP contribution in [0.3, 0.4) is 0 Å². The molecule has 98 valence electrons. The molecule has 0 saturated heterocycles. The molecule has 1 atom stereocenters. The lowest BCUT2D eigenvalue weighted by atomic mass is 10.2. The number of nitrogens with zero attached hydrogens (tertiary/aromatic N) is 1. The number of hydrogen-bond donors (Lipinski definition) is 1. The summed E-state index contributed by atoms with van der Waals surface area (Å²) in [6.45, 7) is 1.62. The summed E-state index contributed by atoms with van der Waals surface area (Å²) in [5.74, 6) is -1.82. The Morgan fingerprint density at radius 3 is 2.72 bits per heavy atom. The van der Waals surface area contributed by atoms with Crippen LogP contribution < -0.4 is 10.5 Å². The molecule has 0 aliphatic heterocycles. The maximum Gasteiger partial charge on any atom is 0.312 e. The zero-order valence-electron chi connectivity index (χ0n) is 9.35. The Morgan fingerprint density at radius 2 is 2.28 bits per heavy atom. The Hall–Kier alpha value is -1.70. The maximum absolute atomic E-state index is 13.3. The molecule has 1 amide bonds. The summed E-state index contributed by atoms with van der Waals surface area (Å²) < 4.78 is 18.3. The predicted molar refractivity (Wildman–Crippen MR) is 64.7 cm³/mol. The number of benzene rings is 1. The zero-order valence-corrected chi connectivity index (χ0v) is 10.9. The largest absolute Gasteiger partial charge is 0.473 e. The Labute approximate surface area is 110 Å². The van der Waals surface area contributed by atoms with E-state index >= 15 is 0 Å². The Bertz CT molecular complexity index is 495. The molecule has 0 radical (unpaired) electrons. The van der Waals surface area contributed by atoms with Gasteiger partial charge in [-0.25, -0.2) is 4.39 Å². The van der Waals surface area contributed by atoms with Crippen molar-refractivity contribution in [2.75, 3.05) is 0 Å². The van der Waals surface area contributed by atoms with Gasteiger partial charge in [-0.1, -0.05) is 6.92 Å². The van der Waals surface area contributed by atoms with Gasteiger partial charge in [-0.2, -0.15) is 0 Å². The van der Waals surface area contributed by atoms with Crippen LogP contribution in [0.2, 0.25) is 0 Å². The number of rotatable bonds is 5. The van der Waals surface area contributed by atoms with E-state index in [1.165, 1.54) is 0 Å². The molecule has 18 heavy (non-hydrogen) atoms. The van der Waals surface area contributed by atoms with Crippen LogP contribution >= 0.6 is 15.9 Å². The number of hydrogen-bond acceptors (Lipinski definition) is 4. The molecule has 0 saturated carbocycles. The van der Waals surface area contributed by atoms with Gasteiger partial charge in [0.2, 0.25) is 5.75 Å². The molecule has 0 fully saturated rings. The van der Waals surface area contributed by atoms with E-state index in [1.54, 1.807) is 6.92 Å². The lowest BCUT2D eigenvalue weighted by Gasteiger charge is -2.14. The fourth-order valence-corrected chi connectivity index (χ4v) is 1.58. The fraction of sp³-hybridized carbons (Fsp3) is 0.300. The van der Waals surface area contributed by atoms with Crippen molar-refractivity contribution in [2.24, 2.45) is 5.73 Å². The summed E-state index contributed by atoms with van der Waals surface area (Å²) in [5, 5.41) is 10.8. The standard InChI is InChI=1S/C10H10BrFN2O4/c1-2-8(10(13)15)18-9-4-6(12)5(11)3-7(9)14(16)17/h3-4,8H,2H2,1H3,(H2,13,15). The first-order valence-corrected chi connectivity index (χ1v) is 5.75. The van der Waals surface area contributed by atoms with E-state index in [4.69, 9.17) is 10.5 Å². The maximum atomic E-state index is 13.3. The van der Waals surface area contributed by atoms with Gasteiger partial charge in [0.15, 0.2) is 6.10 Å². The predicted octanol–water partition coefficient (Wildman–Crippen LogP) is 2.14. The second kappa shape index (κ2) is 5.76. The first-order valence-electron chi connectivity index (χ1n) is 4.96. The van der Waals surface area contributed by atoms with Crippen molar-refractivity contribution in [3.63, 3.8) is 0 Å². The first kappa shape index (κ1) is 14.4. The summed E-state index contributed by atoms with van der Waals surface area (Å²) in [5.41, 5.74) is 4.61. The minimum atomic E-state index is -1.04. The van der Waals surface area contributed by atoms with Gasteiger partial charge in [0, 0.05) is 12.1 Å². The molecule has 0 aromatic heterocycles. The average molecular weight is 321 g/mol. The average Bonchev–Trinajstić information content (AvgIpc) is 2.29. The van der Waals surface area contributed by atoms with E-state index in [2.05, 4.69) is 15.9 Å². The van der Waals surface area contributed by atoms with Crippen LogP contribution in [-0.2, 0) is 4.79 Å². The van der Waals surface area contributed by atoms with Gasteiger partial charge in [0.05, 0.1) is 9.40 Å². The molecule has 0 aliphatic rings. The SMILES string of the molecule is CCC(Oc1cc(F)c(Br)cc1[N+](=O)[O-])C(N)=O. The normalized spacial score (nSPS) is 11.9. The van der Waals surface area contributed by atoms with Crippen molar-refractivity contribution in [2.45, 2.75) is 19.4 Å². The number of carbonyl (C=O) groups excluding carboxylic acids is 1. The molecule has 1 aromatic carbocycles. The molecular formula is C10H10BrFN2O4. The van der Waals surface area contributed by atoms with Crippen LogP contribution in [0.4, 0.5) is 10.1 Å². The van der Waals surface area contributed by atoms with E-state index in [0.29, 0.717) is 0 Å². The summed E-state index contributed by atoms with van der Waals surface area (Å²) >= 11 is 2.83. The van der Waals surface area contributed by atoms with Gasteiger partial charge in [0.25, 0.3) is 5.91 Å². The molecule has 8 heteroatoms. The molecule has 0 aliphatic carbocycles. The van der Waals surface area contributed by atoms with Crippen LogP contribution in [0, 0.1) is 15.9 Å². The van der Waals surface area contributed by atoms with Crippen molar-refractivity contribution in [3.8, 4) is 5.75 Å².